The van der Waals surface area contributed by atoms with Crippen LogP contribution in [0.25, 0.3) is 123 Å². The van der Waals surface area contributed by atoms with Crippen molar-refractivity contribution < 1.29 is 0 Å². The molecule has 0 aliphatic heterocycles. The Morgan fingerprint density at radius 2 is 0.678 bits per heavy atom. The van der Waals surface area contributed by atoms with Crippen LogP contribution in [-0.2, 0) is 0 Å². The Morgan fingerprint density at radius 1 is 0.254 bits per heavy atom. The van der Waals surface area contributed by atoms with E-state index in [1.807, 2.05) is 22.7 Å². The number of rotatable bonds is 3. The lowest BCUT2D eigenvalue weighted by molar-refractivity contribution is 1.18. The van der Waals surface area contributed by atoms with Crippen LogP contribution >= 0.6 is 22.7 Å². The molecule has 0 fully saturated rings. The number of fused-ring (bicyclic) bond motifs is 17. The zero-order valence-electron chi connectivity index (χ0n) is 31.6. The summed E-state index contributed by atoms with van der Waals surface area (Å²) in [7, 11) is 0. The van der Waals surface area contributed by atoms with Crippen molar-refractivity contribution in [2.75, 3.05) is 0 Å². The van der Waals surface area contributed by atoms with Crippen LogP contribution in [0.3, 0.4) is 0 Å². The molecule has 5 aromatic heterocycles. The third-order valence-corrected chi connectivity index (χ3v) is 14.9. The van der Waals surface area contributed by atoms with Gasteiger partial charge in [0, 0.05) is 89.7 Å². The number of thiophene rings is 2. The second kappa shape index (κ2) is 11.7. The number of benzene rings is 9. The molecule has 5 heteroatoms. The van der Waals surface area contributed by atoms with Crippen molar-refractivity contribution in [2.24, 2.45) is 0 Å². The molecule has 0 aliphatic rings. The standard InChI is InChI=1S/C54H31N3S2/c1-2-12-32(13-3-1)57-53-37(24-26-45-51(53)39-16-4-8-18-43(39)55(45)33-22-28-49-41(30-33)35-14-6-10-20-47(35)58-49)38-25-27-46-52(54(38)57)40-17-5-9-19-44(40)56(46)34-23-29-50-42(31-34)36-15-7-11-21-48(36)59-50/h1-31H. The first-order valence-corrected chi connectivity index (χ1v) is 21.7. The molecule has 0 N–H and O–H groups in total. The Hall–Kier alpha value is -7.18. The van der Waals surface area contributed by atoms with E-state index >= 15 is 0 Å². The largest absolute Gasteiger partial charge is 0.309 e. The van der Waals surface area contributed by atoms with Crippen LogP contribution in [0, 0.1) is 0 Å². The number of para-hydroxylation sites is 3. The lowest BCUT2D eigenvalue weighted by Crippen LogP contribution is -1.96. The maximum atomic E-state index is 2.56. The van der Waals surface area contributed by atoms with E-state index in [0.717, 1.165) is 5.69 Å². The average Bonchev–Trinajstić information content (AvgIpc) is 4.09. The minimum absolute atomic E-state index is 1.15. The minimum atomic E-state index is 1.15. The van der Waals surface area contributed by atoms with E-state index in [1.165, 1.54) is 117 Å². The molecule has 0 atom stereocenters. The SMILES string of the molecule is c1ccc(-n2c3c(ccc4c3c3ccccc3n4-c3ccc4sc5ccccc5c4c3)c3ccc4c(c5ccccc5n4-c4ccc5sc6ccccc6c5c4)c32)cc1. The van der Waals surface area contributed by atoms with Gasteiger partial charge in [0.15, 0.2) is 0 Å². The average molecular weight is 786 g/mol. The maximum Gasteiger partial charge on any atom is 0.0641 e. The van der Waals surface area contributed by atoms with Gasteiger partial charge in [-0.2, -0.15) is 0 Å². The Bertz CT molecular complexity index is 3830. The number of nitrogens with zero attached hydrogens (tertiary/aromatic N) is 3. The van der Waals surface area contributed by atoms with Gasteiger partial charge in [0.2, 0.25) is 0 Å². The molecule has 0 unspecified atom stereocenters. The molecule has 0 aliphatic carbocycles. The third kappa shape index (κ3) is 4.25. The van der Waals surface area contributed by atoms with Gasteiger partial charge in [0.1, 0.15) is 0 Å². The topological polar surface area (TPSA) is 14.8 Å². The first-order valence-electron chi connectivity index (χ1n) is 20.1. The van der Waals surface area contributed by atoms with Crippen molar-refractivity contribution in [2.45, 2.75) is 0 Å². The van der Waals surface area contributed by atoms with Gasteiger partial charge < -0.3 is 13.7 Å². The van der Waals surface area contributed by atoms with Gasteiger partial charge in [-0.15, -0.1) is 22.7 Å². The normalized spacial score (nSPS) is 12.4. The van der Waals surface area contributed by atoms with Crippen molar-refractivity contribution in [3.05, 3.63) is 188 Å². The first-order chi connectivity index (χ1) is 29.3. The van der Waals surface area contributed by atoms with Crippen molar-refractivity contribution in [3.8, 4) is 17.1 Å². The lowest BCUT2D eigenvalue weighted by atomic mass is 10.1. The van der Waals surface area contributed by atoms with Gasteiger partial charge in [0.25, 0.3) is 0 Å². The van der Waals surface area contributed by atoms with E-state index in [0.29, 0.717) is 0 Å². The summed E-state index contributed by atoms with van der Waals surface area (Å²) in [4.78, 5) is 0. The van der Waals surface area contributed by atoms with E-state index < -0.39 is 0 Å². The van der Waals surface area contributed by atoms with Gasteiger partial charge in [-0.05, 0) is 84.9 Å². The molecule has 274 valence electrons. The fourth-order valence-electron chi connectivity index (χ4n) is 10.2. The Morgan fingerprint density at radius 3 is 1.19 bits per heavy atom. The minimum Gasteiger partial charge on any atom is -0.309 e. The van der Waals surface area contributed by atoms with E-state index in [9.17, 15) is 0 Å². The van der Waals surface area contributed by atoms with Crippen LogP contribution in [0.1, 0.15) is 0 Å². The lowest BCUT2D eigenvalue weighted by Gasteiger charge is -2.11. The van der Waals surface area contributed by atoms with Crippen LogP contribution in [0.5, 0.6) is 0 Å². The van der Waals surface area contributed by atoms with Gasteiger partial charge in [0.05, 0.1) is 33.1 Å². The molecule has 0 amide bonds. The Kier molecular flexibility index (Phi) is 6.32. The Labute approximate surface area is 345 Å². The van der Waals surface area contributed by atoms with Crippen molar-refractivity contribution in [1.82, 2.24) is 13.7 Å². The van der Waals surface area contributed by atoms with E-state index in [2.05, 4.69) is 202 Å². The summed E-state index contributed by atoms with van der Waals surface area (Å²) in [6.45, 7) is 0. The molecule has 3 nitrogen and oxygen atoms in total. The highest BCUT2D eigenvalue weighted by Crippen LogP contribution is 2.47. The quantitative estimate of drug-likeness (QED) is 0.169. The van der Waals surface area contributed by atoms with Crippen LogP contribution in [0.4, 0.5) is 0 Å². The van der Waals surface area contributed by atoms with Crippen molar-refractivity contribution >= 4 is 128 Å². The summed E-state index contributed by atoms with van der Waals surface area (Å²) in [5.41, 5.74) is 10.8. The third-order valence-electron chi connectivity index (χ3n) is 12.6. The van der Waals surface area contributed by atoms with Gasteiger partial charge >= 0.3 is 0 Å². The highest BCUT2D eigenvalue weighted by molar-refractivity contribution is 7.26. The summed E-state index contributed by atoms with van der Waals surface area (Å²) in [6.07, 6.45) is 0. The molecule has 5 heterocycles. The van der Waals surface area contributed by atoms with E-state index in [-0.39, 0.29) is 0 Å². The zero-order chi connectivity index (χ0) is 38.3. The maximum absolute atomic E-state index is 2.56. The summed E-state index contributed by atoms with van der Waals surface area (Å²) >= 11 is 3.74. The molecule has 14 aromatic rings. The predicted molar refractivity (Wildman–Crippen MR) is 255 cm³/mol. The fraction of sp³-hybridized carbons (Fsp3) is 0. The van der Waals surface area contributed by atoms with E-state index in [4.69, 9.17) is 0 Å². The molecule has 0 saturated carbocycles. The predicted octanol–water partition coefficient (Wildman–Crippen LogP) is 15.7. The van der Waals surface area contributed by atoms with Crippen LogP contribution in [0.2, 0.25) is 0 Å². The fourth-order valence-corrected chi connectivity index (χ4v) is 12.4. The van der Waals surface area contributed by atoms with Gasteiger partial charge in [-0.3, -0.25) is 0 Å². The summed E-state index contributed by atoms with van der Waals surface area (Å²) in [5, 5.41) is 12.8. The molecule has 0 bridgehead atoms. The second-order valence-corrected chi connectivity index (χ2v) is 17.8. The molecular weight excluding hydrogens is 755 g/mol. The summed E-state index contributed by atoms with van der Waals surface area (Å²) in [6, 6.07) is 69.9. The molecule has 0 saturated heterocycles. The molecule has 9 aromatic carbocycles. The smallest absolute Gasteiger partial charge is 0.0641 e. The number of aromatic nitrogens is 3. The summed E-state index contributed by atoms with van der Waals surface area (Å²) in [5.74, 6) is 0. The van der Waals surface area contributed by atoms with Crippen molar-refractivity contribution in [3.63, 3.8) is 0 Å². The molecule has 59 heavy (non-hydrogen) atoms. The number of hydrogen-bond acceptors (Lipinski definition) is 2. The van der Waals surface area contributed by atoms with Crippen molar-refractivity contribution in [1.29, 1.82) is 0 Å². The summed E-state index contributed by atoms with van der Waals surface area (Å²) < 4.78 is 12.8. The molecular formula is C54H31N3S2. The zero-order valence-corrected chi connectivity index (χ0v) is 33.2. The Balaban J connectivity index is 1.13. The molecule has 0 radical (unpaired) electrons. The highest BCUT2D eigenvalue weighted by Gasteiger charge is 2.25. The van der Waals surface area contributed by atoms with Crippen LogP contribution in [-0.4, -0.2) is 13.7 Å². The van der Waals surface area contributed by atoms with Gasteiger partial charge in [-0.1, -0.05) is 103 Å². The monoisotopic (exact) mass is 785 g/mol. The van der Waals surface area contributed by atoms with Crippen LogP contribution in [0.15, 0.2) is 188 Å². The highest BCUT2D eigenvalue weighted by atomic mass is 32.1. The molecule has 14 rings (SSSR count). The molecule has 0 spiro atoms. The van der Waals surface area contributed by atoms with Gasteiger partial charge in [-0.25, -0.2) is 0 Å². The van der Waals surface area contributed by atoms with E-state index in [1.54, 1.807) is 0 Å². The number of hydrogen-bond donors (Lipinski definition) is 0. The second-order valence-electron chi connectivity index (χ2n) is 15.6. The van der Waals surface area contributed by atoms with Crippen LogP contribution < -0.4 is 0 Å². The first kappa shape index (κ1) is 31.9.